The standard InChI is InChI=1S/C22H37NO4/c1-9-13-18-14-25-22(26-19(18)10-2)15-20(7,11-3)23(27-17(6)24)21(8,12-4)16(22)5/h9,13,16H,10-12,14-15H2,1-8H3/b13-9-. The Kier molecular flexibility index (Phi) is 6.48. The minimum absolute atomic E-state index is 0.0164. The summed E-state index contributed by atoms with van der Waals surface area (Å²) in [6.45, 7) is 16.8. The topological polar surface area (TPSA) is 48.0 Å². The molecule has 1 fully saturated rings. The number of nitrogens with zero attached hydrogens (tertiary/aromatic N) is 1. The van der Waals surface area contributed by atoms with Crippen LogP contribution in [0.25, 0.3) is 0 Å². The summed E-state index contributed by atoms with van der Waals surface area (Å²) in [6, 6.07) is 0. The number of hydroxylamine groups is 2. The second-order valence-corrected chi connectivity index (χ2v) is 8.34. The minimum Gasteiger partial charge on any atom is -0.466 e. The van der Waals surface area contributed by atoms with Crippen LogP contribution in [0, 0.1) is 5.92 Å². The molecule has 0 aromatic carbocycles. The van der Waals surface area contributed by atoms with E-state index in [2.05, 4.69) is 47.6 Å². The molecule has 154 valence electrons. The number of carbonyl (C=O) groups is 1. The molecule has 0 N–H and O–H groups in total. The van der Waals surface area contributed by atoms with E-state index in [1.165, 1.54) is 6.92 Å². The van der Waals surface area contributed by atoms with Crippen molar-refractivity contribution in [2.45, 2.75) is 97.9 Å². The Labute approximate surface area is 164 Å². The summed E-state index contributed by atoms with van der Waals surface area (Å²) < 4.78 is 13.1. The lowest BCUT2D eigenvalue weighted by Crippen LogP contribution is -2.73. The fourth-order valence-corrected chi connectivity index (χ4v) is 4.61. The van der Waals surface area contributed by atoms with Gasteiger partial charge in [0.05, 0.1) is 17.7 Å². The molecule has 0 bridgehead atoms. The highest BCUT2D eigenvalue weighted by Gasteiger charge is 2.64. The summed E-state index contributed by atoms with van der Waals surface area (Å²) in [5.41, 5.74) is 0.336. The fourth-order valence-electron chi connectivity index (χ4n) is 4.61. The third-order valence-electron chi connectivity index (χ3n) is 6.69. The van der Waals surface area contributed by atoms with E-state index in [0.717, 1.165) is 30.6 Å². The minimum atomic E-state index is -0.720. The molecule has 0 aliphatic carbocycles. The van der Waals surface area contributed by atoms with Gasteiger partial charge in [-0.3, -0.25) is 4.79 Å². The van der Waals surface area contributed by atoms with E-state index < -0.39 is 11.3 Å². The second-order valence-electron chi connectivity index (χ2n) is 8.34. The lowest BCUT2D eigenvalue weighted by Gasteiger charge is -2.62. The maximum absolute atomic E-state index is 11.9. The smallest absolute Gasteiger partial charge is 0.322 e. The average Bonchev–Trinajstić information content (AvgIpc) is 2.65. The Balaban J connectivity index is 2.53. The number of piperidine rings is 1. The van der Waals surface area contributed by atoms with Crippen LogP contribution in [0.2, 0.25) is 0 Å². The molecule has 2 aliphatic rings. The van der Waals surface area contributed by atoms with Crippen LogP contribution in [-0.4, -0.2) is 34.5 Å². The number of carbonyl (C=O) groups excluding carboxylic acids is 1. The van der Waals surface area contributed by atoms with Crippen molar-refractivity contribution in [1.82, 2.24) is 5.06 Å². The predicted molar refractivity (Wildman–Crippen MR) is 107 cm³/mol. The third-order valence-corrected chi connectivity index (χ3v) is 6.69. The highest BCUT2D eigenvalue weighted by molar-refractivity contribution is 5.65. The number of allylic oxidation sites excluding steroid dienone is 2. The van der Waals surface area contributed by atoms with E-state index in [4.69, 9.17) is 14.3 Å². The highest BCUT2D eigenvalue weighted by Crippen LogP contribution is 2.54. The second kappa shape index (κ2) is 7.96. The number of hydrogen-bond acceptors (Lipinski definition) is 5. The van der Waals surface area contributed by atoms with E-state index >= 15 is 0 Å². The zero-order valence-corrected chi connectivity index (χ0v) is 18.3. The number of rotatable bonds is 5. The average molecular weight is 380 g/mol. The van der Waals surface area contributed by atoms with Crippen molar-refractivity contribution in [3.05, 3.63) is 23.5 Å². The van der Waals surface area contributed by atoms with Crippen molar-refractivity contribution in [3.63, 3.8) is 0 Å². The number of ether oxygens (including phenoxy) is 2. The van der Waals surface area contributed by atoms with Gasteiger partial charge < -0.3 is 14.3 Å². The van der Waals surface area contributed by atoms with Crippen molar-refractivity contribution < 1.29 is 19.1 Å². The molecule has 5 heteroatoms. The fraction of sp³-hybridized carbons (Fsp3) is 0.773. The number of hydrogen-bond donors (Lipinski definition) is 0. The van der Waals surface area contributed by atoms with Crippen molar-refractivity contribution in [2.24, 2.45) is 5.92 Å². The summed E-state index contributed by atoms with van der Waals surface area (Å²) in [7, 11) is 0. The van der Waals surface area contributed by atoms with Crippen molar-refractivity contribution in [2.75, 3.05) is 6.61 Å². The molecule has 4 atom stereocenters. The van der Waals surface area contributed by atoms with E-state index in [0.29, 0.717) is 13.0 Å². The van der Waals surface area contributed by atoms with Gasteiger partial charge in [-0.05, 0) is 33.6 Å². The Hall–Kier alpha value is -1.33. The van der Waals surface area contributed by atoms with E-state index in [-0.39, 0.29) is 17.4 Å². The molecule has 1 spiro atoms. The van der Waals surface area contributed by atoms with Gasteiger partial charge in [0.2, 0.25) is 5.79 Å². The van der Waals surface area contributed by atoms with Crippen molar-refractivity contribution in [1.29, 1.82) is 0 Å². The molecule has 2 rings (SSSR count). The molecule has 5 nitrogen and oxygen atoms in total. The molecule has 4 unspecified atom stereocenters. The van der Waals surface area contributed by atoms with Gasteiger partial charge in [0, 0.05) is 31.3 Å². The van der Waals surface area contributed by atoms with Gasteiger partial charge in [0.1, 0.15) is 5.76 Å². The van der Waals surface area contributed by atoms with Gasteiger partial charge in [-0.1, -0.05) is 39.8 Å². The van der Waals surface area contributed by atoms with Crippen molar-refractivity contribution >= 4 is 5.97 Å². The summed E-state index contributed by atoms with van der Waals surface area (Å²) in [4.78, 5) is 17.6. The van der Waals surface area contributed by atoms with Gasteiger partial charge >= 0.3 is 5.97 Å². The van der Waals surface area contributed by atoms with Crippen LogP contribution in [0.1, 0.15) is 81.1 Å². The van der Waals surface area contributed by atoms with E-state index in [1.54, 1.807) is 0 Å². The zero-order valence-electron chi connectivity index (χ0n) is 18.3. The van der Waals surface area contributed by atoms with Crippen molar-refractivity contribution in [3.8, 4) is 0 Å². The Morgan fingerprint density at radius 1 is 1.30 bits per heavy atom. The molecule has 0 radical (unpaired) electrons. The molecule has 0 saturated carbocycles. The molecule has 2 heterocycles. The summed E-state index contributed by atoms with van der Waals surface area (Å²) in [5.74, 6) is 0.0157. The lowest BCUT2D eigenvalue weighted by atomic mass is 9.67. The first kappa shape index (κ1) is 22.0. The maximum Gasteiger partial charge on any atom is 0.322 e. The molecule has 0 aromatic heterocycles. The van der Waals surface area contributed by atoms with E-state index in [9.17, 15) is 4.79 Å². The van der Waals surface area contributed by atoms with Crippen LogP contribution in [0.15, 0.2) is 23.5 Å². The van der Waals surface area contributed by atoms with Crippen LogP contribution >= 0.6 is 0 Å². The molecular formula is C22H37NO4. The first-order chi connectivity index (χ1) is 12.6. The zero-order chi connectivity index (χ0) is 20.5. The molecule has 0 amide bonds. The molecule has 0 aromatic rings. The van der Waals surface area contributed by atoms with Gasteiger partial charge in [0.25, 0.3) is 0 Å². The normalized spacial score (nSPS) is 37.7. The maximum atomic E-state index is 11.9. The van der Waals surface area contributed by atoms with Crippen LogP contribution in [-0.2, 0) is 19.1 Å². The van der Waals surface area contributed by atoms with Gasteiger partial charge in [-0.2, -0.15) is 0 Å². The largest absolute Gasteiger partial charge is 0.466 e. The van der Waals surface area contributed by atoms with E-state index in [1.807, 2.05) is 18.1 Å². The SMILES string of the molecule is C/C=C\C1=C(CC)OC2(CC(C)(CC)N(OC(C)=O)C(C)(CC)C2C)OC1. The summed E-state index contributed by atoms with van der Waals surface area (Å²) in [5, 5.41) is 1.93. The lowest BCUT2D eigenvalue weighted by molar-refractivity contribution is -0.371. The van der Waals surface area contributed by atoms with Gasteiger partial charge in [0.15, 0.2) is 0 Å². The Morgan fingerprint density at radius 3 is 2.44 bits per heavy atom. The molecule has 1 saturated heterocycles. The third kappa shape index (κ3) is 3.68. The van der Waals surface area contributed by atoms with Gasteiger partial charge in [-0.15, -0.1) is 5.06 Å². The van der Waals surface area contributed by atoms with Gasteiger partial charge in [-0.25, -0.2) is 0 Å². The van der Waals surface area contributed by atoms with Crippen LogP contribution in [0.4, 0.5) is 0 Å². The van der Waals surface area contributed by atoms with Crippen LogP contribution in [0.3, 0.4) is 0 Å². The Morgan fingerprint density at radius 2 is 1.96 bits per heavy atom. The molecule has 2 aliphatic heterocycles. The quantitative estimate of drug-likeness (QED) is 0.663. The Bertz CT molecular complexity index is 628. The van der Waals surface area contributed by atoms with Crippen LogP contribution < -0.4 is 0 Å². The summed E-state index contributed by atoms with van der Waals surface area (Å²) >= 11 is 0. The predicted octanol–water partition coefficient (Wildman–Crippen LogP) is 5.13. The molecular weight excluding hydrogens is 342 g/mol. The summed E-state index contributed by atoms with van der Waals surface area (Å²) in [6.07, 6.45) is 7.21. The monoisotopic (exact) mass is 379 g/mol. The molecule has 27 heavy (non-hydrogen) atoms. The first-order valence-electron chi connectivity index (χ1n) is 10.3. The highest BCUT2D eigenvalue weighted by atomic mass is 16.7. The first-order valence-corrected chi connectivity index (χ1v) is 10.3. The van der Waals surface area contributed by atoms with Crippen LogP contribution in [0.5, 0.6) is 0 Å².